The summed E-state index contributed by atoms with van der Waals surface area (Å²) in [6.45, 7) is 10.2. The summed E-state index contributed by atoms with van der Waals surface area (Å²) in [5, 5.41) is 2.80. The van der Waals surface area contributed by atoms with Crippen LogP contribution in [0.5, 0.6) is 0 Å². The summed E-state index contributed by atoms with van der Waals surface area (Å²) >= 11 is 4.85. The van der Waals surface area contributed by atoms with E-state index in [9.17, 15) is 4.79 Å². The van der Waals surface area contributed by atoms with Crippen molar-refractivity contribution in [1.29, 1.82) is 0 Å². The lowest BCUT2D eigenvalue weighted by Gasteiger charge is -2.28. The monoisotopic (exact) mass is 246 g/mol. The molecule has 0 aliphatic carbocycles. The number of hydrogen-bond donors (Lipinski definition) is 2. The molecule has 0 aliphatic heterocycles. The van der Waals surface area contributed by atoms with Crippen molar-refractivity contribution in [3.8, 4) is 0 Å². The van der Waals surface area contributed by atoms with E-state index >= 15 is 0 Å². The third kappa shape index (κ3) is 4.45. The largest absolute Gasteiger partial charge is 0.392 e. The lowest BCUT2D eigenvalue weighted by atomic mass is 9.92. The molecule has 94 valence electrons. The second-order valence-electron chi connectivity index (χ2n) is 4.86. The molecule has 3 N–H and O–H groups in total. The van der Waals surface area contributed by atoms with Gasteiger partial charge in [-0.25, -0.2) is 0 Å². The van der Waals surface area contributed by atoms with E-state index in [-0.39, 0.29) is 16.5 Å². The van der Waals surface area contributed by atoms with Gasteiger partial charge in [0.2, 0.25) is 5.91 Å². The van der Waals surface area contributed by atoms with Crippen LogP contribution in [0.4, 0.5) is 0 Å². The zero-order chi connectivity index (χ0) is 13.0. The number of nitrogens with two attached hydrogens (primary N) is 1. The molecule has 0 atom stereocenters. The fraction of sp³-hybridized carbons (Fsp3) is 0.818. The van der Waals surface area contributed by atoms with Gasteiger partial charge in [-0.05, 0) is 34.6 Å². The topological polar surface area (TPSA) is 64.3 Å². The summed E-state index contributed by atoms with van der Waals surface area (Å²) < 4.78 is 5.47. The molecule has 4 nitrogen and oxygen atoms in total. The van der Waals surface area contributed by atoms with Gasteiger partial charge in [-0.1, -0.05) is 12.2 Å². The standard InChI is InChI=1S/C11H22N2O2S/c1-6-15-10(2,3)7-13-9(14)11(4,5)8(12)16/h6-7H2,1-5H3,(H2,12,16)(H,13,14). The number of amides is 1. The molecule has 0 heterocycles. The number of ether oxygens (including phenoxy) is 1. The highest BCUT2D eigenvalue weighted by Crippen LogP contribution is 2.16. The molecular weight excluding hydrogens is 224 g/mol. The van der Waals surface area contributed by atoms with Crippen molar-refractivity contribution in [1.82, 2.24) is 5.32 Å². The maximum absolute atomic E-state index is 11.8. The molecule has 5 heteroatoms. The van der Waals surface area contributed by atoms with Gasteiger partial charge in [-0.15, -0.1) is 0 Å². The zero-order valence-corrected chi connectivity index (χ0v) is 11.5. The first kappa shape index (κ1) is 15.3. The number of hydrogen-bond acceptors (Lipinski definition) is 3. The van der Waals surface area contributed by atoms with Crippen molar-refractivity contribution in [2.45, 2.75) is 40.2 Å². The van der Waals surface area contributed by atoms with Gasteiger partial charge in [-0.2, -0.15) is 0 Å². The minimum absolute atomic E-state index is 0.173. The van der Waals surface area contributed by atoms with Crippen molar-refractivity contribution in [3.05, 3.63) is 0 Å². The van der Waals surface area contributed by atoms with Gasteiger partial charge < -0.3 is 15.8 Å². The SMILES string of the molecule is CCOC(C)(C)CNC(=O)C(C)(C)C(N)=S. The van der Waals surface area contributed by atoms with Crippen LogP contribution in [0.15, 0.2) is 0 Å². The van der Waals surface area contributed by atoms with E-state index in [0.717, 1.165) is 0 Å². The van der Waals surface area contributed by atoms with E-state index in [2.05, 4.69) is 5.32 Å². The number of thiocarbonyl (C=S) groups is 1. The Hall–Kier alpha value is -0.680. The molecule has 0 spiro atoms. The lowest BCUT2D eigenvalue weighted by Crippen LogP contribution is -2.49. The Labute approximate surface area is 103 Å². The molecule has 1 amide bonds. The van der Waals surface area contributed by atoms with Gasteiger partial charge in [0.05, 0.1) is 16.0 Å². The van der Waals surface area contributed by atoms with Crippen molar-refractivity contribution < 1.29 is 9.53 Å². The molecule has 0 saturated heterocycles. The predicted molar refractivity (Wildman–Crippen MR) is 69.3 cm³/mol. The van der Waals surface area contributed by atoms with E-state index in [1.54, 1.807) is 13.8 Å². The van der Waals surface area contributed by atoms with E-state index in [1.165, 1.54) is 0 Å². The molecule has 16 heavy (non-hydrogen) atoms. The summed E-state index contributed by atoms with van der Waals surface area (Å²) in [7, 11) is 0. The normalized spacial score (nSPS) is 12.3. The first-order chi connectivity index (χ1) is 7.13. The summed E-state index contributed by atoms with van der Waals surface area (Å²) in [5.41, 5.74) is 4.31. The van der Waals surface area contributed by atoms with E-state index < -0.39 is 5.41 Å². The highest BCUT2D eigenvalue weighted by Gasteiger charge is 2.32. The Morgan fingerprint density at radius 2 is 1.88 bits per heavy atom. The summed E-state index contributed by atoms with van der Waals surface area (Å²) in [5.74, 6) is -0.173. The number of rotatable bonds is 6. The number of carbonyl (C=O) groups excluding carboxylic acids is 1. The Kier molecular flexibility index (Phi) is 5.35. The first-order valence-electron chi connectivity index (χ1n) is 5.35. The first-order valence-corrected chi connectivity index (χ1v) is 5.76. The molecular formula is C11H22N2O2S. The Bertz CT molecular complexity index is 275. The van der Waals surface area contributed by atoms with Crippen LogP contribution in [0, 0.1) is 5.41 Å². The molecule has 0 saturated carbocycles. The summed E-state index contributed by atoms with van der Waals surface area (Å²) in [4.78, 5) is 12.0. The molecule has 0 aromatic heterocycles. The maximum atomic E-state index is 11.8. The third-order valence-electron chi connectivity index (χ3n) is 2.39. The zero-order valence-electron chi connectivity index (χ0n) is 10.7. The Morgan fingerprint density at radius 1 is 1.38 bits per heavy atom. The fourth-order valence-electron chi connectivity index (χ4n) is 1.07. The third-order valence-corrected chi connectivity index (χ3v) is 2.90. The molecule has 0 aliphatic rings. The smallest absolute Gasteiger partial charge is 0.232 e. The molecule has 0 radical (unpaired) electrons. The molecule has 0 aromatic rings. The Balaban J connectivity index is 4.33. The minimum atomic E-state index is -0.822. The van der Waals surface area contributed by atoms with Crippen LogP contribution in [0.3, 0.4) is 0 Å². The molecule has 0 unspecified atom stereocenters. The molecule has 0 aromatic carbocycles. The fourth-order valence-corrected chi connectivity index (χ4v) is 1.16. The van der Waals surface area contributed by atoms with Crippen molar-refractivity contribution >= 4 is 23.1 Å². The number of carbonyl (C=O) groups is 1. The quantitative estimate of drug-likeness (QED) is 0.692. The highest BCUT2D eigenvalue weighted by molar-refractivity contribution is 7.80. The van der Waals surface area contributed by atoms with Crippen molar-refractivity contribution in [2.75, 3.05) is 13.2 Å². The minimum Gasteiger partial charge on any atom is -0.392 e. The van der Waals surface area contributed by atoms with Crippen molar-refractivity contribution in [2.24, 2.45) is 11.1 Å². The van der Waals surface area contributed by atoms with E-state index in [1.807, 2.05) is 20.8 Å². The summed E-state index contributed by atoms with van der Waals surface area (Å²) in [6, 6.07) is 0. The predicted octanol–water partition coefficient (Wildman–Crippen LogP) is 1.23. The number of nitrogens with one attached hydrogen (secondary N) is 1. The average Bonchev–Trinajstić information content (AvgIpc) is 2.13. The van der Waals surface area contributed by atoms with Gasteiger partial charge in [0, 0.05) is 13.2 Å². The average molecular weight is 246 g/mol. The van der Waals surface area contributed by atoms with Crippen LogP contribution in [0.25, 0.3) is 0 Å². The lowest BCUT2D eigenvalue weighted by molar-refractivity contribution is -0.127. The van der Waals surface area contributed by atoms with Crippen LogP contribution >= 0.6 is 12.2 Å². The van der Waals surface area contributed by atoms with Gasteiger partial charge >= 0.3 is 0 Å². The van der Waals surface area contributed by atoms with Gasteiger partial charge in [0.1, 0.15) is 0 Å². The molecule has 0 bridgehead atoms. The van der Waals surface area contributed by atoms with Crippen molar-refractivity contribution in [3.63, 3.8) is 0 Å². The second-order valence-corrected chi connectivity index (χ2v) is 5.30. The van der Waals surface area contributed by atoms with E-state index in [4.69, 9.17) is 22.7 Å². The van der Waals surface area contributed by atoms with E-state index in [0.29, 0.717) is 13.2 Å². The van der Waals surface area contributed by atoms with Crippen LogP contribution < -0.4 is 11.1 Å². The van der Waals surface area contributed by atoms with Crippen LogP contribution in [-0.4, -0.2) is 29.6 Å². The maximum Gasteiger partial charge on any atom is 0.232 e. The van der Waals surface area contributed by atoms with Crippen LogP contribution in [0.1, 0.15) is 34.6 Å². The van der Waals surface area contributed by atoms with Crippen LogP contribution in [-0.2, 0) is 9.53 Å². The van der Waals surface area contributed by atoms with Gasteiger partial charge in [-0.3, -0.25) is 4.79 Å². The highest BCUT2D eigenvalue weighted by atomic mass is 32.1. The van der Waals surface area contributed by atoms with Crippen LogP contribution in [0.2, 0.25) is 0 Å². The second kappa shape index (κ2) is 5.59. The van der Waals surface area contributed by atoms with Gasteiger partial charge in [0.25, 0.3) is 0 Å². The van der Waals surface area contributed by atoms with Gasteiger partial charge in [0.15, 0.2) is 0 Å². The molecule has 0 rings (SSSR count). The molecule has 0 fully saturated rings. The Morgan fingerprint density at radius 3 is 2.25 bits per heavy atom. The summed E-state index contributed by atoms with van der Waals surface area (Å²) in [6.07, 6.45) is 0.